The quantitative estimate of drug-likeness (QED) is 0.499. The van der Waals surface area contributed by atoms with Crippen LogP contribution < -0.4 is 4.74 Å². The van der Waals surface area contributed by atoms with Crippen LogP contribution in [0.3, 0.4) is 0 Å². The smallest absolute Gasteiger partial charge is 0.356 e. The second kappa shape index (κ2) is 7.64. The maximum absolute atomic E-state index is 11.8. The number of imidazole rings is 1. The number of ether oxygens (including phenoxy) is 2. The lowest BCUT2D eigenvalue weighted by Crippen LogP contribution is -2.23. The molecule has 0 fully saturated rings. The van der Waals surface area contributed by atoms with Gasteiger partial charge in [0, 0.05) is 12.0 Å². The number of carbonyl (C=O) groups is 1. The highest BCUT2D eigenvalue weighted by molar-refractivity contribution is 6.32. The van der Waals surface area contributed by atoms with Crippen LogP contribution in [-0.2, 0) is 4.74 Å². The van der Waals surface area contributed by atoms with Crippen LogP contribution in [0.2, 0.25) is 5.02 Å². The van der Waals surface area contributed by atoms with Crippen LogP contribution in [0, 0.1) is 10.1 Å². The molecule has 2 heterocycles. The summed E-state index contributed by atoms with van der Waals surface area (Å²) in [4.78, 5) is 24.2. The molecule has 1 N–H and O–H groups in total. The fraction of sp³-hybridized carbons (Fsp3) is 0.286. The number of hydrogen-bond donors (Lipinski definition) is 1. The monoisotopic (exact) mass is 355 g/mol. The molecule has 2 aromatic rings. The first-order valence-corrected chi connectivity index (χ1v) is 7.18. The molecule has 1 atom stereocenters. The average molecular weight is 356 g/mol. The van der Waals surface area contributed by atoms with Gasteiger partial charge in [0.25, 0.3) is 5.09 Å². The van der Waals surface area contributed by atoms with E-state index in [1.54, 1.807) is 12.4 Å². The van der Waals surface area contributed by atoms with Crippen molar-refractivity contribution < 1.29 is 24.6 Å². The summed E-state index contributed by atoms with van der Waals surface area (Å²) in [5.41, 5.74) is 1.37. The number of fused-ring (bicyclic) bond motifs is 1. The molecule has 0 bridgehead atoms. The van der Waals surface area contributed by atoms with Crippen molar-refractivity contribution in [2.24, 2.45) is 0 Å². The third-order valence-corrected chi connectivity index (χ3v) is 3.69. The zero-order valence-corrected chi connectivity index (χ0v) is 13.3. The van der Waals surface area contributed by atoms with Crippen molar-refractivity contribution in [3.05, 3.63) is 57.1 Å². The van der Waals surface area contributed by atoms with E-state index in [-0.39, 0.29) is 6.04 Å². The molecule has 1 aliphatic heterocycles. The van der Waals surface area contributed by atoms with Crippen LogP contribution >= 0.6 is 11.6 Å². The Hall–Kier alpha value is -2.81. The molecule has 0 saturated heterocycles. The topological polar surface area (TPSA) is 117 Å². The Morgan fingerprint density at radius 1 is 1.58 bits per heavy atom. The van der Waals surface area contributed by atoms with Crippen LogP contribution in [0.15, 0.2) is 30.7 Å². The van der Waals surface area contributed by atoms with Crippen molar-refractivity contribution >= 4 is 17.6 Å². The van der Waals surface area contributed by atoms with Crippen LogP contribution in [0.1, 0.15) is 28.5 Å². The molecule has 1 aromatic heterocycles. The third kappa shape index (κ3) is 3.74. The van der Waals surface area contributed by atoms with Gasteiger partial charge in [0.1, 0.15) is 11.4 Å². The number of aromatic nitrogens is 2. The van der Waals surface area contributed by atoms with Gasteiger partial charge in [-0.05, 0) is 6.07 Å². The van der Waals surface area contributed by atoms with Gasteiger partial charge in [0.05, 0.1) is 37.3 Å². The van der Waals surface area contributed by atoms with Gasteiger partial charge in [0.2, 0.25) is 0 Å². The van der Waals surface area contributed by atoms with Crippen LogP contribution in [0.25, 0.3) is 0 Å². The zero-order valence-electron chi connectivity index (χ0n) is 12.6. The first kappa shape index (κ1) is 17.5. The summed E-state index contributed by atoms with van der Waals surface area (Å²) in [6.45, 7) is 0.542. The number of hydrogen-bond acceptors (Lipinski definition) is 6. The zero-order chi connectivity index (χ0) is 17.7. The van der Waals surface area contributed by atoms with Crippen LogP contribution in [0.5, 0.6) is 5.75 Å². The predicted octanol–water partition coefficient (Wildman–Crippen LogP) is 2.35. The largest absolute Gasteiger partial charge is 0.492 e. The minimum atomic E-state index is -1.50. The highest BCUT2D eigenvalue weighted by Crippen LogP contribution is 2.39. The molecular weight excluding hydrogens is 342 g/mol. The van der Waals surface area contributed by atoms with Crippen LogP contribution in [0.4, 0.5) is 0 Å². The molecule has 9 nitrogen and oxygen atoms in total. The first-order valence-electron chi connectivity index (χ1n) is 6.80. The average Bonchev–Trinajstić information content (AvgIpc) is 3.03. The summed E-state index contributed by atoms with van der Waals surface area (Å²) < 4.78 is 12.2. The molecule has 3 rings (SSSR count). The van der Waals surface area contributed by atoms with Crippen molar-refractivity contribution in [1.29, 1.82) is 0 Å². The molecule has 24 heavy (non-hydrogen) atoms. The van der Waals surface area contributed by atoms with E-state index in [1.165, 1.54) is 13.3 Å². The molecule has 1 aliphatic rings. The maximum Gasteiger partial charge on any atom is 0.356 e. The molecule has 10 heteroatoms. The van der Waals surface area contributed by atoms with Crippen molar-refractivity contribution in [2.45, 2.75) is 12.5 Å². The van der Waals surface area contributed by atoms with Crippen LogP contribution in [-0.4, -0.2) is 39.5 Å². The van der Waals surface area contributed by atoms with Gasteiger partial charge < -0.3 is 19.2 Å². The number of para-hydroxylation sites is 1. The second-order valence-corrected chi connectivity index (χ2v) is 5.13. The van der Waals surface area contributed by atoms with Gasteiger partial charge in [0.15, 0.2) is 0 Å². The van der Waals surface area contributed by atoms with Crippen molar-refractivity contribution in [3.8, 4) is 5.75 Å². The van der Waals surface area contributed by atoms with Gasteiger partial charge in [-0.2, -0.15) is 0 Å². The maximum atomic E-state index is 11.8. The van der Waals surface area contributed by atoms with Crippen molar-refractivity contribution in [1.82, 2.24) is 9.55 Å². The molecular formula is C14H14ClN3O6. The molecule has 0 saturated carbocycles. The molecule has 0 spiro atoms. The lowest BCUT2D eigenvalue weighted by atomic mass is 10.00. The molecule has 0 amide bonds. The van der Waals surface area contributed by atoms with E-state index in [1.807, 2.05) is 16.7 Å². The first-order chi connectivity index (χ1) is 11.5. The second-order valence-electron chi connectivity index (χ2n) is 4.73. The van der Waals surface area contributed by atoms with E-state index in [0.717, 1.165) is 12.0 Å². The summed E-state index contributed by atoms with van der Waals surface area (Å²) >= 11 is 6.16. The number of rotatable bonds is 2. The van der Waals surface area contributed by atoms with E-state index in [9.17, 15) is 4.79 Å². The third-order valence-electron chi connectivity index (χ3n) is 3.39. The van der Waals surface area contributed by atoms with E-state index in [4.69, 9.17) is 36.4 Å². The summed E-state index contributed by atoms with van der Waals surface area (Å²) in [5.74, 6) is 0.271. The Kier molecular flexibility index (Phi) is 5.59. The summed E-state index contributed by atoms with van der Waals surface area (Å²) in [7, 11) is 1.36. The summed E-state index contributed by atoms with van der Waals surface area (Å²) in [6.07, 6.45) is 3.88. The van der Waals surface area contributed by atoms with Gasteiger partial charge >= 0.3 is 5.97 Å². The molecule has 1 aromatic carbocycles. The molecule has 128 valence electrons. The van der Waals surface area contributed by atoms with Gasteiger partial charge in [-0.3, -0.25) is 0 Å². The van der Waals surface area contributed by atoms with Gasteiger partial charge in [-0.15, -0.1) is 10.1 Å². The SMILES string of the molecule is COC(=O)c1cncn1C1CCOc2c(Cl)cccc21.O=[N+]([O-])O. The number of nitrogens with zero attached hydrogens (tertiary/aromatic N) is 3. The fourth-order valence-electron chi connectivity index (χ4n) is 2.47. The summed E-state index contributed by atoms with van der Waals surface area (Å²) in [5, 5.41) is 14.2. The predicted molar refractivity (Wildman–Crippen MR) is 82.1 cm³/mol. The summed E-state index contributed by atoms with van der Waals surface area (Å²) in [6, 6.07) is 5.58. The fourth-order valence-corrected chi connectivity index (χ4v) is 2.71. The normalized spacial score (nSPS) is 15.3. The number of methoxy groups -OCH3 is 1. The Labute approximate surface area is 141 Å². The van der Waals surface area contributed by atoms with Crippen molar-refractivity contribution in [3.63, 3.8) is 0 Å². The van der Waals surface area contributed by atoms with Gasteiger partial charge in [-0.25, -0.2) is 9.78 Å². The Bertz CT molecular complexity index is 744. The Morgan fingerprint density at radius 3 is 2.96 bits per heavy atom. The standard InChI is InChI=1S/C14H13ClN2O3.HNO3/c1-19-14(18)12-7-16-8-17(12)11-5-6-20-13-9(11)3-2-4-10(13)15;2-1(3)4/h2-4,7-8,11H,5-6H2,1H3;(H,2,3,4). The van der Waals surface area contributed by atoms with E-state index < -0.39 is 11.1 Å². The number of benzene rings is 1. The highest BCUT2D eigenvalue weighted by atomic mass is 35.5. The minimum absolute atomic E-state index is 0.0333. The lowest BCUT2D eigenvalue weighted by molar-refractivity contribution is -0.742. The molecule has 0 aliphatic carbocycles. The lowest BCUT2D eigenvalue weighted by Gasteiger charge is -2.28. The van der Waals surface area contributed by atoms with E-state index in [0.29, 0.717) is 23.1 Å². The highest BCUT2D eigenvalue weighted by Gasteiger charge is 2.27. The minimum Gasteiger partial charge on any atom is -0.492 e. The van der Waals surface area contributed by atoms with Gasteiger partial charge in [-0.1, -0.05) is 23.7 Å². The number of carbonyl (C=O) groups excluding carboxylic acids is 1. The Morgan fingerprint density at radius 2 is 2.29 bits per heavy atom. The van der Waals surface area contributed by atoms with E-state index >= 15 is 0 Å². The van der Waals surface area contributed by atoms with Crippen molar-refractivity contribution in [2.75, 3.05) is 13.7 Å². The molecule has 0 radical (unpaired) electrons. The molecule has 1 unspecified atom stereocenters. The Balaban J connectivity index is 0.000000471. The van der Waals surface area contributed by atoms with E-state index in [2.05, 4.69) is 4.98 Å². The number of halogens is 1. The number of esters is 1.